The number of esters is 1. The van der Waals surface area contributed by atoms with Crippen LogP contribution in [0.2, 0.25) is 0 Å². The first-order valence-electron chi connectivity index (χ1n) is 6.17. The smallest absolute Gasteiger partial charge is 0.338 e. The number of hydrogen-bond acceptors (Lipinski definition) is 4. The number of carbonyl (C=O) groups excluding carboxylic acids is 1. The Balaban J connectivity index is 1.92. The molecule has 1 heterocycles. The summed E-state index contributed by atoms with van der Waals surface area (Å²) in [5.41, 5.74) is 2.50. The predicted molar refractivity (Wildman–Crippen MR) is 72.9 cm³/mol. The highest BCUT2D eigenvalue weighted by molar-refractivity contribution is 5.89. The van der Waals surface area contributed by atoms with Crippen LogP contribution in [0.4, 0.5) is 5.69 Å². The molecule has 2 rings (SSSR count). The van der Waals surface area contributed by atoms with Crippen molar-refractivity contribution in [3.05, 3.63) is 48.0 Å². The zero-order chi connectivity index (χ0) is 13.7. The van der Waals surface area contributed by atoms with Crippen molar-refractivity contribution < 1.29 is 9.53 Å². The number of nitrogens with zero attached hydrogens (tertiary/aromatic N) is 1. The molecule has 100 valence electrons. The van der Waals surface area contributed by atoms with Crippen molar-refractivity contribution in [1.29, 1.82) is 0 Å². The first-order chi connectivity index (χ1) is 9.15. The van der Waals surface area contributed by atoms with Gasteiger partial charge in [0.15, 0.2) is 0 Å². The van der Waals surface area contributed by atoms with Gasteiger partial charge in [-0.2, -0.15) is 0 Å². The van der Waals surface area contributed by atoms with Crippen LogP contribution in [0, 0.1) is 0 Å². The topological polar surface area (TPSA) is 67.0 Å². The zero-order valence-electron chi connectivity index (χ0n) is 11.0. The maximum absolute atomic E-state index is 11.7. The lowest BCUT2D eigenvalue weighted by molar-refractivity contribution is 0.0378. The monoisotopic (exact) mass is 259 g/mol. The third-order valence-corrected chi connectivity index (χ3v) is 2.50. The van der Waals surface area contributed by atoms with E-state index in [-0.39, 0.29) is 12.1 Å². The van der Waals surface area contributed by atoms with Gasteiger partial charge in [-0.15, -0.1) is 0 Å². The van der Waals surface area contributed by atoms with E-state index >= 15 is 0 Å². The number of H-pyrrole nitrogens is 1. The molecule has 0 spiro atoms. The second kappa shape index (κ2) is 6.04. The Labute approximate surface area is 112 Å². The molecule has 0 saturated carbocycles. The van der Waals surface area contributed by atoms with Crippen LogP contribution in [0.3, 0.4) is 0 Å². The number of aromatic nitrogens is 2. The summed E-state index contributed by atoms with van der Waals surface area (Å²) < 4.78 is 5.12. The lowest BCUT2D eigenvalue weighted by Crippen LogP contribution is -2.11. The maximum Gasteiger partial charge on any atom is 0.338 e. The zero-order valence-corrected chi connectivity index (χ0v) is 11.0. The number of hydrogen-bond donors (Lipinski definition) is 2. The molecule has 2 aromatic rings. The lowest BCUT2D eigenvalue weighted by Gasteiger charge is -2.09. The van der Waals surface area contributed by atoms with Crippen molar-refractivity contribution in [2.24, 2.45) is 0 Å². The molecule has 2 N–H and O–H groups in total. The van der Waals surface area contributed by atoms with Crippen molar-refractivity contribution >= 4 is 11.7 Å². The normalized spacial score (nSPS) is 10.5. The molecule has 1 aromatic heterocycles. The van der Waals surface area contributed by atoms with Gasteiger partial charge in [0.1, 0.15) is 0 Å². The lowest BCUT2D eigenvalue weighted by atomic mass is 10.2. The largest absolute Gasteiger partial charge is 0.459 e. The Morgan fingerprint density at radius 2 is 2.11 bits per heavy atom. The number of benzene rings is 1. The van der Waals surface area contributed by atoms with E-state index in [1.807, 2.05) is 26.0 Å². The van der Waals surface area contributed by atoms with Crippen LogP contribution in [0.25, 0.3) is 0 Å². The number of aromatic amines is 1. The minimum Gasteiger partial charge on any atom is -0.459 e. The van der Waals surface area contributed by atoms with Gasteiger partial charge in [0.05, 0.1) is 30.2 Å². The van der Waals surface area contributed by atoms with Crippen LogP contribution in [-0.2, 0) is 11.3 Å². The number of ether oxygens (including phenoxy) is 1. The Morgan fingerprint density at radius 1 is 1.37 bits per heavy atom. The fraction of sp³-hybridized carbons (Fsp3) is 0.286. The van der Waals surface area contributed by atoms with Crippen molar-refractivity contribution in [2.45, 2.75) is 26.5 Å². The van der Waals surface area contributed by atoms with Crippen LogP contribution in [0.1, 0.15) is 29.9 Å². The van der Waals surface area contributed by atoms with E-state index in [1.54, 1.807) is 24.7 Å². The molecule has 1 aromatic carbocycles. The molecule has 0 unspecified atom stereocenters. The average molecular weight is 259 g/mol. The van der Waals surface area contributed by atoms with Gasteiger partial charge < -0.3 is 15.0 Å². The first-order valence-corrected chi connectivity index (χ1v) is 6.17. The van der Waals surface area contributed by atoms with Gasteiger partial charge in [0.25, 0.3) is 0 Å². The third kappa shape index (κ3) is 3.84. The predicted octanol–water partition coefficient (Wildman–Crippen LogP) is 2.59. The highest BCUT2D eigenvalue weighted by Gasteiger charge is 2.08. The maximum atomic E-state index is 11.7. The van der Waals surface area contributed by atoms with E-state index in [1.165, 1.54) is 0 Å². The minimum absolute atomic E-state index is 0.106. The van der Waals surface area contributed by atoms with Gasteiger partial charge in [-0.05, 0) is 38.1 Å². The van der Waals surface area contributed by atoms with Gasteiger partial charge in [-0.3, -0.25) is 0 Å². The summed E-state index contributed by atoms with van der Waals surface area (Å²) in [5.74, 6) is -0.296. The van der Waals surface area contributed by atoms with Crippen LogP contribution in [-0.4, -0.2) is 22.0 Å². The van der Waals surface area contributed by atoms with Gasteiger partial charge in [0.2, 0.25) is 0 Å². The molecular formula is C14H17N3O2. The van der Waals surface area contributed by atoms with E-state index in [4.69, 9.17) is 4.74 Å². The Hall–Kier alpha value is -2.30. The molecule has 0 aliphatic rings. The van der Waals surface area contributed by atoms with Gasteiger partial charge in [-0.1, -0.05) is 0 Å². The fourth-order valence-electron chi connectivity index (χ4n) is 1.58. The molecule has 0 fully saturated rings. The quantitative estimate of drug-likeness (QED) is 0.810. The molecule has 0 radical (unpaired) electrons. The molecule has 0 atom stereocenters. The molecule has 5 heteroatoms. The van der Waals surface area contributed by atoms with Gasteiger partial charge in [-0.25, -0.2) is 9.78 Å². The van der Waals surface area contributed by atoms with Crippen LogP contribution >= 0.6 is 0 Å². The summed E-state index contributed by atoms with van der Waals surface area (Å²) in [5, 5.41) is 3.23. The molecule has 0 aliphatic heterocycles. The van der Waals surface area contributed by atoms with Crippen LogP contribution in [0.15, 0.2) is 36.8 Å². The molecular weight excluding hydrogens is 242 g/mol. The van der Waals surface area contributed by atoms with E-state index in [2.05, 4.69) is 15.3 Å². The summed E-state index contributed by atoms with van der Waals surface area (Å²) in [6, 6.07) is 7.21. The SMILES string of the molecule is CC(C)OC(=O)c1ccc(NCc2cnc[nH]2)cc1. The summed E-state index contributed by atoms with van der Waals surface area (Å²) in [7, 11) is 0. The molecule has 0 bridgehead atoms. The standard InChI is InChI=1S/C14H17N3O2/c1-10(2)19-14(18)11-3-5-12(6-4-11)16-8-13-7-15-9-17-13/h3-7,9-10,16H,8H2,1-2H3,(H,15,17). The van der Waals surface area contributed by atoms with Crippen molar-refractivity contribution in [1.82, 2.24) is 9.97 Å². The van der Waals surface area contributed by atoms with E-state index in [9.17, 15) is 4.79 Å². The van der Waals surface area contributed by atoms with Crippen molar-refractivity contribution in [2.75, 3.05) is 5.32 Å². The molecule has 19 heavy (non-hydrogen) atoms. The van der Waals surface area contributed by atoms with E-state index < -0.39 is 0 Å². The summed E-state index contributed by atoms with van der Waals surface area (Å²) in [4.78, 5) is 18.6. The number of imidazole rings is 1. The van der Waals surface area contributed by atoms with E-state index in [0.29, 0.717) is 12.1 Å². The second-order valence-corrected chi connectivity index (χ2v) is 4.46. The minimum atomic E-state index is -0.296. The summed E-state index contributed by atoms with van der Waals surface area (Å²) >= 11 is 0. The third-order valence-electron chi connectivity index (χ3n) is 2.50. The Kier molecular flexibility index (Phi) is 4.18. The fourth-order valence-corrected chi connectivity index (χ4v) is 1.58. The first kappa shape index (κ1) is 13.1. The highest BCUT2D eigenvalue weighted by Crippen LogP contribution is 2.12. The van der Waals surface area contributed by atoms with Gasteiger partial charge >= 0.3 is 5.97 Å². The number of carbonyl (C=O) groups is 1. The van der Waals surface area contributed by atoms with Crippen LogP contribution in [0.5, 0.6) is 0 Å². The second-order valence-electron chi connectivity index (χ2n) is 4.46. The summed E-state index contributed by atoms with van der Waals surface area (Å²) in [6.45, 7) is 4.33. The number of rotatable bonds is 5. The average Bonchev–Trinajstić information content (AvgIpc) is 2.89. The van der Waals surface area contributed by atoms with Crippen molar-refractivity contribution in [3.63, 3.8) is 0 Å². The van der Waals surface area contributed by atoms with Crippen LogP contribution < -0.4 is 5.32 Å². The number of nitrogens with one attached hydrogen (secondary N) is 2. The molecule has 0 saturated heterocycles. The molecule has 0 aliphatic carbocycles. The van der Waals surface area contributed by atoms with Crippen molar-refractivity contribution in [3.8, 4) is 0 Å². The van der Waals surface area contributed by atoms with Gasteiger partial charge in [0, 0.05) is 11.9 Å². The Bertz CT molecular complexity index is 518. The molecule has 0 amide bonds. The highest BCUT2D eigenvalue weighted by atomic mass is 16.5. The summed E-state index contributed by atoms with van der Waals surface area (Å²) in [6.07, 6.45) is 3.30. The van der Waals surface area contributed by atoms with E-state index in [0.717, 1.165) is 11.4 Å². The molecule has 5 nitrogen and oxygen atoms in total. The Morgan fingerprint density at radius 3 is 2.68 bits per heavy atom. The number of anilines is 1.